The number of nitrogens with zero attached hydrogens (tertiary/aromatic N) is 1. The molecule has 1 heterocycles. The van der Waals surface area contributed by atoms with Crippen LogP contribution in [-0.2, 0) is 14.8 Å². The molecule has 3 rings (SSSR count). The van der Waals surface area contributed by atoms with Crippen LogP contribution in [0, 0.1) is 0 Å². The Balaban J connectivity index is 1.81. The van der Waals surface area contributed by atoms with Gasteiger partial charge in [0.1, 0.15) is 6.04 Å². The maximum absolute atomic E-state index is 12.8. The predicted molar refractivity (Wildman–Crippen MR) is 88.4 cm³/mol. The summed E-state index contributed by atoms with van der Waals surface area (Å²) >= 11 is 0. The summed E-state index contributed by atoms with van der Waals surface area (Å²) in [6.07, 6.45) is 7.34. The molecule has 1 unspecified atom stereocenters. The van der Waals surface area contributed by atoms with E-state index in [0.29, 0.717) is 25.3 Å². The van der Waals surface area contributed by atoms with Gasteiger partial charge in [-0.05, 0) is 49.3 Å². The number of amides is 1. The Morgan fingerprint density at radius 1 is 1.00 bits per heavy atom. The van der Waals surface area contributed by atoms with Crippen LogP contribution in [0.25, 0.3) is 0 Å². The maximum atomic E-state index is 12.8. The number of rotatable bonds is 4. The number of nitrogens with two attached hydrogens (primary N) is 1. The Labute approximate surface area is 137 Å². The Kier molecular flexibility index (Phi) is 4.73. The van der Waals surface area contributed by atoms with Crippen molar-refractivity contribution in [1.29, 1.82) is 0 Å². The highest BCUT2D eigenvalue weighted by atomic mass is 32.2. The second kappa shape index (κ2) is 6.61. The maximum Gasteiger partial charge on any atom is 0.243 e. The van der Waals surface area contributed by atoms with E-state index in [-0.39, 0.29) is 4.90 Å². The molecule has 1 aliphatic carbocycles. The summed E-state index contributed by atoms with van der Waals surface area (Å²) in [5.74, 6) is -0.0180. The molecule has 1 aromatic rings. The first kappa shape index (κ1) is 16.5. The van der Waals surface area contributed by atoms with E-state index in [9.17, 15) is 13.2 Å². The fraction of sp³-hybridized carbons (Fsp3) is 0.588. The minimum atomic E-state index is -3.65. The first-order chi connectivity index (χ1) is 11.0. The highest BCUT2D eigenvalue weighted by Gasteiger charge is 2.38. The molecule has 0 aromatic heterocycles. The van der Waals surface area contributed by atoms with Crippen LogP contribution < -0.4 is 5.73 Å². The molecule has 1 amide bonds. The zero-order valence-corrected chi connectivity index (χ0v) is 14.1. The van der Waals surface area contributed by atoms with Crippen molar-refractivity contribution < 1.29 is 13.2 Å². The number of primary amides is 1. The average Bonchev–Trinajstić information content (AvgIpc) is 3.07. The van der Waals surface area contributed by atoms with Gasteiger partial charge < -0.3 is 5.73 Å². The molecule has 1 saturated carbocycles. The van der Waals surface area contributed by atoms with Crippen molar-refractivity contribution >= 4 is 15.9 Å². The Morgan fingerprint density at radius 2 is 1.65 bits per heavy atom. The fourth-order valence-corrected chi connectivity index (χ4v) is 5.46. The molecule has 2 N–H and O–H groups in total. The third-order valence-corrected chi connectivity index (χ3v) is 7.02. The molecule has 1 saturated heterocycles. The molecule has 126 valence electrons. The van der Waals surface area contributed by atoms with Gasteiger partial charge in [0.2, 0.25) is 15.9 Å². The van der Waals surface area contributed by atoms with Gasteiger partial charge in [0, 0.05) is 6.54 Å². The zero-order valence-electron chi connectivity index (χ0n) is 13.3. The van der Waals surface area contributed by atoms with E-state index < -0.39 is 22.0 Å². The second-order valence-corrected chi connectivity index (χ2v) is 8.47. The van der Waals surface area contributed by atoms with E-state index in [1.165, 1.54) is 42.0 Å². The van der Waals surface area contributed by atoms with Crippen LogP contribution in [0.2, 0.25) is 0 Å². The lowest BCUT2D eigenvalue weighted by Crippen LogP contribution is -2.43. The molecule has 6 heteroatoms. The molecule has 0 spiro atoms. The lowest BCUT2D eigenvalue weighted by molar-refractivity contribution is -0.121. The average molecular weight is 336 g/mol. The molecule has 0 bridgehead atoms. The van der Waals surface area contributed by atoms with Gasteiger partial charge in [0.25, 0.3) is 0 Å². The van der Waals surface area contributed by atoms with Gasteiger partial charge in [-0.15, -0.1) is 0 Å². The van der Waals surface area contributed by atoms with Crippen LogP contribution in [0.15, 0.2) is 29.2 Å². The molecule has 5 nitrogen and oxygen atoms in total. The van der Waals surface area contributed by atoms with Gasteiger partial charge in [-0.25, -0.2) is 8.42 Å². The number of hydrogen-bond donors (Lipinski definition) is 1. The second-order valence-electron chi connectivity index (χ2n) is 6.58. The van der Waals surface area contributed by atoms with Gasteiger partial charge >= 0.3 is 0 Å². The van der Waals surface area contributed by atoms with Crippen LogP contribution in [0.3, 0.4) is 0 Å². The summed E-state index contributed by atoms with van der Waals surface area (Å²) in [5.41, 5.74) is 6.56. The van der Waals surface area contributed by atoms with Crippen LogP contribution in [-0.4, -0.2) is 31.2 Å². The number of carbonyl (C=O) groups is 1. The van der Waals surface area contributed by atoms with Crippen LogP contribution in [0.5, 0.6) is 0 Å². The van der Waals surface area contributed by atoms with Crippen LogP contribution in [0.4, 0.5) is 0 Å². The summed E-state index contributed by atoms with van der Waals surface area (Å²) in [4.78, 5) is 11.7. The van der Waals surface area contributed by atoms with Gasteiger partial charge in [-0.1, -0.05) is 31.4 Å². The van der Waals surface area contributed by atoms with E-state index in [1.807, 2.05) is 12.1 Å². The van der Waals surface area contributed by atoms with Crippen LogP contribution in [0.1, 0.15) is 56.4 Å². The summed E-state index contributed by atoms with van der Waals surface area (Å²) in [7, 11) is -3.65. The molecular formula is C17H24N2O3S. The molecule has 2 aliphatic rings. The monoisotopic (exact) mass is 336 g/mol. The van der Waals surface area contributed by atoms with Crippen molar-refractivity contribution in [2.75, 3.05) is 6.54 Å². The summed E-state index contributed by atoms with van der Waals surface area (Å²) in [6, 6.07) is 6.50. The Hall–Kier alpha value is -1.40. The largest absolute Gasteiger partial charge is 0.368 e. The molecule has 2 fully saturated rings. The smallest absolute Gasteiger partial charge is 0.243 e. The summed E-state index contributed by atoms with van der Waals surface area (Å²) in [6.45, 7) is 0.361. The van der Waals surface area contributed by atoms with Gasteiger partial charge in [0.05, 0.1) is 4.90 Å². The van der Waals surface area contributed by atoms with Crippen molar-refractivity contribution in [1.82, 2.24) is 4.31 Å². The third-order valence-electron chi connectivity index (χ3n) is 5.10. The Morgan fingerprint density at radius 3 is 2.26 bits per heavy atom. The van der Waals surface area contributed by atoms with Gasteiger partial charge in [-0.3, -0.25) is 4.79 Å². The number of benzene rings is 1. The molecule has 1 aromatic carbocycles. The van der Waals surface area contributed by atoms with Gasteiger partial charge in [-0.2, -0.15) is 4.31 Å². The van der Waals surface area contributed by atoms with E-state index in [2.05, 4.69) is 0 Å². The molecule has 0 radical (unpaired) electrons. The zero-order chi connectivity index (χ0) is 16.4. The summed E-state index contributed by atoms with van der Waals surface area (Å²) < 4.78 is 26.8. The number of carbonyl (C=O) groups excluding carboxylic acids is 1. The highest BCUT2D eigenvalue weighted by Crippen LogP contribution is 2.33. The lowest BCUT2D eigenvalue weighted by atomic mass is 9.84. The number of sulfonamides is 1. The molecular weight excluding hydrogens is 312 g/mol. The van der Waals surface area contributed by atoms with Crippen molar-refractivity contribution in [3.8, 4) is 0 Å². The first-order valence-corrected chi connectivity index (χ1v) is 9.85. The minimum absolute atomic E-state index is 0.255. The normalized spacial score (nSPS) is 23.9. The standard InChI is InChI=1S/C17H24N2O3S/c18-17(20)16-7-4-12-19(16)23(21,22)15-10-8-14(9-11-15)13-5-2-1-3-6-13/h8-11,13,16H,1-7,12H2,(H2,18,20). The van der Waals surface area contributed by atoms with Crippen molar-refractivity contribution in [2.24, 2.45) is 5.73 Å². The van der Waals surface area contributed by atoms with Crippen molar-refractivity contribution in [3.05, 3.63) is 29.8 Å². The van der Waals surface area contributed by atoms with Crippen molar-refractivity contribution in [3.63, 3.8) is 0 Å². The Bertz CT molecular complexity index is 664. The van der Waals surface area contributed by atoms with E-state index in [4.69, 9.17) is 5.73 Å². The van der Waals surface area contributed by atoms with E-state index in [0.717, 1.165) is 0 Å². The third kappa shape index (κ3) is 3.28. The predicted octanol–water partition coefficient (Wildman–Crippen LogP) is 2.37. The number of hydrogen-bond acceptors (Lipinski definition) is 3. The minimum Gasteiger partial charge on any atom is -0.368 e. The lowest BCUT2D eigenvalue weighted by Gasteiger charge is -2.23. The van der Waals surface area contributed by atoms with Crippen LogP contribution >= 0.6 is 0 Å². The topological polar surface area (TPSA) is 80.5 Å². The quantitative estimate of drug-likeness (QED) is 0.916. The fourth-order valence-electron chi connectivity index (χ4n) is 3.80. The molecule has 1 aliphatic heterocycles. The highest BCUT2D eigenvalue weighted by molar-refractivity contribution is 7.89. The van der Waals surface area contributed by atoms with Gasteiger partial charge in [0.15, 0.2) is 0 Å². The summed E-state index contributed by atoms with van der Waals surface area (Å²) in [5, 5.41) is 0. The van der Waals surface area contributed by atoms with E-state index >= 15 is 0 Å². The van der Waals surface area contributed by atoms with Crippen molar-refractivity contribution in [2.45, 2.75) is 61.8 Å². The van der Waals surface area contributed by atoms with E-state index in [1.54, 1.807) is 12.1 Å². The molecule has 23 heavy (non-hydrogen) atoms. The SMILES string of the molecule is NC(=O)C1CCCN1S(=O)(=O)c1ccc(C2CCCCC2)cc1. The molecule has 1 atom stereocenters. The first-order valence-electron chi connectivity index (χ1n) is 8.41.